The van der Waals surface area contributed by atoms with Gasteiger partial charge in [-0.15, -0.1) is 0 Å². The van der Waals surface area contributed by atoms with Gasteiger partial charge in [0.15, 0.2) is 0 Å². The number of nitrogens with zero attached hydrogens (tertiary/aromatic N) is 1. The summed E-state index contributed by atoms with van der Waals surface area (Å²) in [7, 11) is 0. The van der Waals surface area contributed by atoms with E-state index >= 15 is 0 Å². The van der Waals surface area contributed by atoms with E-state index in [1.54, 1.807) is 0 Å². The molecular formula is C37H53NO4. The van der Waals surface area contributed by atoms with Crippen LogP contribution < -0.4 is 0 Å². The first-order chi connectivity index (χ1) is 19.6. The average Bonchev–Trinajstić information content (AvgIpc) is 2.94. The summed E-state index contributed by atoms with van der Waals surface area (Å²) in [6, 6.07) is 10.1. The van der Waals surface area contributed by atoms with Crippen LogP contribution in [0, 0.1) is 50.2 Å². The Hall–Kier alpha value is -2.14. The molecule has 0 unspecified atom stereocenters. The Morgan fingerprint density at radius 3 is 2.33 bits per heavy atom. The highest BCUT2D eigenvalue weighted by molar-refractivity contribution is 5.90. The van der Waals surface area contributed by atoms with Crippen molar-refractivity contribution in [1.29, 1.82) is 0 Å². The Morgan fingerprint density at radius 1 is 0.952 bits per heavy atom. The second-order valence-corrected chi connectivity index (χ2v) is 16.9. The highest BCUT2D eigenvalue weighted by Crippen LogP contribution is 2.75. The zero-order valence-electron chi connectivity index (χ0n) is 27.0. The molecule has 8 atom stereocenters. The molecule has 0 aromatic heterocycles. The summed E-state index contributed by atoms with van der Waals surface area (Å²) >= 11 is 0. The van der Waals surface area contributed by atoms with Gasteiger partial charge in [-0.05, 0) is 108 Å². The summed E-state index contributed by atoms with van der Waals surface area (Å²) in [5.41, 5.74) is 2.46. The maximum Gasteiger partial charge on any atom is 0.313 e. The number of aliphatic hydroxyl groups is 1. The van der Waals surface area contributed by atoms with E-state index in [0.717, 1.165) is 56.9 Å². The van der Waals surface area contributed by atoms with Crippen LogP contribution in [0.2, 0.25) is 0 Å². The predicted octanol–water partition coefficient (Wildman–Crippen LogP) is 8.33. The van der Waals surface area contributed by atoms with Gasteiger partial charge >= 0.3 is 5.97 Å². The standard InChI is InChI=1S/C37H53NO4/c1-32(2)17-19-37(31(40)42-23-24-11-9-8-10-12-24)20-18-35(6)25(26(37)21-32)13-14-29-34(5)22-27(38-41)30(39)33(3,4)28(34)15-16-36(29,35)7/h8-13,26,28-30,39,41H,14-23H2,1-7H3/t26-,28-,29+,30-,34-,35+,36+,37-/m0/s1. The fourth-order valence-corrected chi connectivity index (χ4v) is 11.5. The lowest BCUT2D eigenvalue weighted by atomic mass is 9.33. The van der Waals surface area contributed by atoms with Gasteiger partial charge in [-0.1, -0.05) is 95.6 Å². The van der Waals surface area contributed by atoms with Gasteiger partial charge in [-0.2, -0.15) is 0 Å². The first kappa shape index (κ1) is 29.9. The van der Waals surface area contributed by atoms with Crippen LogP contribution in [0.15, 0.2) is 47.1 Å². The Bertz CT molecular complexity index is 1300. The Balaban J connectivity index is 1.38. The smallest absolute Gasteiger partial charge is 0.313 e. The Labute approximate surface area is 253 Å². The van der Waals surface area contributed by atoms with Gasteiger partial charge in [-0.25, -0.2) is 0 Å². The molecule has 6 rings (SSSR count). The van der Waals surface area contributed by atoms with E-state index in [0.29, 0.717) is 30.6 Å². The third kappa shape index (κ3) is 4.04. The molecule has 5 aliphatic rings. The normalized spacial score (nSPS) is 44.6. The molecule has 2 N–H and O–H groups in total. The van der Waals surface area contributed by atoms with Gasteiger partial charge in [0.2, 0.25) is 0 Å². The van der Waals surface area contributed by atoms with Crippen LogP contribution in [0.25, 0.3) is 0 Å². The lowest BCUT2D eigenvalue weighted by Gasteiger charge is -2.71. The number of carbonyl (C=O) groups excluding carboxylic acids is 1. The highest BCUT2D eigenvalue weighted by atomic mass is 16.5. The van der Waals surface area contributed by atoms with Gasteiger partial charge in [0.05, 0.1) is 11.1 Å². The van der Waals surface area contributed by atoms with E-state index in [9.17, 15) is 15.1 Å². The third-order valence-corrected chi connectivity index (χ3v) is 14.1. The summed E-state index contributed by atoms with van der Waals surface area (Å²) in [6.45, 7) is 16.9. The molecular weight excluding hydrogens is 522 g/mol. The minimum Gasteiger partial charge on any atom is -0.460 e. The van der Waals surface area contributed by atoms with Crippen molar-refractivity contribution in [2.75, 3.05) is 0 Å². The topological polar surface area (TPSA) is 79.1 Å². The number of esters is 1. The maximum absolute atomic E-state index is 14.2. The molecule has 4 saturated carbocycles. The molecule has 1 aromatic rings. The number of aliphatic hydroxyl groups excluding tert-OH is 1. The number of ether oxygens (including phenoxy) is 1. The second kappa shape index (κ2) is 9.68. The van der Waals surface area contributed by atoms with Crippen LogP contribution in [0.5, 0.6) is 0 Å². The quantitative estimate of drug-likeness (QED) is 0.164. The second-order valence-electron chi connectivity index (χ2n) is 16.9. The van der Waals surface area contributed by atoms with Crippen molar-refractivity contribution in [3.8, 4) is 0 Å². The fraction of sp³-hybridized carbons (Fsp3) is 0.730. The summed E-state index contributed by atoms with van der Waals surface area (Å²) in [4.78, 5) is 14.2. The number of benzene rings is 1. The first-order valence-electron chi connectivity index (χ1n) is 16.5. The number of hydrogen-bond donors (Lipinski definition) is 2. The highest BCUT2D eigenvalue weighted by Gasteiger charge is 2.70. The van der Waals surface area contributed by atoms with Crippen molar-refractivity contribution in [3.63, 3.8) is 0 Å². The zero-order valence-corrected chi connectivity index (χ0v) is 27.0. The number of oxime groups is 1. The van der Waals surface area contributed by atoms with Crippen molar-refractivity contribution in [1.82, 2.24) is 0 Å². The molecule has 230 valence electrons. The lowest BCUT2D eigenvalue weighted by Crippen LogP contribution is -2.66. The molecule has 4 fully saturated rings. The van der Waals surface area contributed by atoms with Gasteiger partial charge in [-0.3, -0.25) is 4.79 Å². The van der Waals surface area contributed by atoms with E-state index in [1.807, 2.05) is 30.3 Å². The van der Waals surface area contributed by atoms with E-state index < -0.39 is 11.5 Å². The van der Waals surface area contributed by atoms with E-state index in [4.69, 9.17) is 4.74 Å². The molecule has 42 heavy (non-hydrogen) atoms. The van der Waals surface area contributed by atoms with Crippen LogP contribution >= 0.6 is 0 Å². The number of rotatable bonds is 3. The fourth-order valence-electron chi connectivity index (χ4n) is 11.5. The molecule has 0 amide bonds. The van der Waals surface area contributed by atoms with Crippen LogP contribution in [0.3, 0.4) is 0 Å². The molecule has 0 bridgehead atoms. The predicted molar refractivity (Wildman–Crippen MR) is 166 cm³/mol. The van der Waals surface area contributed by atoms with Gasteiger partial charge < -0.3 is 15.1 Å². The molecule has 0 saturated heterocycles. The SMILES string of the molecule is CC1(C)CC[C@]2(C(=O)OCc3ccccc3)CC[C@]3(C)C(=CC[C@@H]4[C@@]5(C)CC(=NO)[C@H](O)C(C)(C)[C@@H]5CC[C@]43C)[C@@H]2C1. The minimum atomic E-state index is -0.711. The zero-order chi connectivity index (χ0) is 30.3. The molecule has 5 aliphatic carbocycles. The monoisotopic (exact) mass is 575 g/mol. The molecule has 0 heterocycles. The summed E-state index contributed by atoms with van der Waals surface area (Å²) in [5.74, 6) is 0.969. The van der Waals surface area contributed by atoms with Crippen LogP contribution in [0.1, 0.15) is 112 Å². The molecule has 0 aliphatic heterocycles. The minimum absolute atomic E-state index is 0.00423. The number of fused-ring (bicyclic) bond motifs is 7. The molecule has 0 spiro atoms. The molecule has 0 radical (unpaired) electrons. The average molecular weight is 576 g/mol. The number of carbonyl (C=O) groups is 1. The largest absolute Gasteiger partial charge is 0.460 e. The number of hydrogen-bond acceptors (Lipinski definition) is 5. The van der Waals surface area contributed by atoms with Gasteiger partial charge in [0, 0.05) is 0 Å². The van der Waals surface area contributed by atoms with Crippen molar-refractivity contribution < 1.29 is 19.8 Å². The van der Waals surface area contributed by atoms with E-state index in [-0.39, 0.29) is 39.0 Å². The van der Waals surface area contributed by atoms with E-state index in [1.165, 1.54) is 5.57 Å². The van der Waals surface area contributed by atoms with Crippen LogP contribution in [0.4, 0.5) is 0 Å². The van der Waals surface area contributed by atoms with Crippen LogP contribution in [-0.2, 0) is 16.1 Å². The van der Waals surface area contributed by atoms with E-state index in [2.05, 4.69) is 59.7 Å². The van der Waals surface area contributed by atoms with Crippen molar-refractivity contribution >= 4 is 11.7 Å². The number of allylic oxidation sites excluding steroid dienone is 2. The molecule has 1 aromatic carbocycles. The third-order valence-electron chi connectivity index (χ3n) is 14.1. The first-order valence-corrected chi connectivity index (χ1v) is 16.5. The van der Waals surface area contributed by atoms with Gasteiger partial charge in [0.1, 0.15) is 12.7 Å². The van der Waals surface area contributed by atoms with Gasteiger partial charge in [0.25, 0.3) is 0 Å². The Morgan fingerprint density at radius 2 is 1.64 bits per heavy atom. The summed E-state index contributed by atoms with van der Waals surface area (Å²) in [6.07, 6.45) is 10.5. The van der Waals surface area contributed by atoms with Crippen molar-refractivity contribution in [2.45, 2.75) is 119 Å². The summed E-state index contributed by atoms with van der Waals surface area (Å²) < 4.78 is 6.16. The lowest BCUT2D eigenvalue weighted by molar-refractivity contribution is -0.190. The summed E-state index contributed by atoms with van der Waals surface area (Å²) in [5, 5.41) is 24.8. The maximum atomic E-state index is 14.2. The van der Waals surface area contributed by atoms with Crippen molar-refractivity contribution in [2.24, 2.45) is 55.4 Å². The molecule has 5 heteroatoms. The molecule has 5 nitrogen and oxygen atoms in total. The Kier molecular flexibility index (Phi) is 6.89. The van der Waals surface area contributed by atoms with Crippen molar-refractivity contribution in [3.05, 3.63) is 47.5 Å². The van der Waals surface area contributed by atoms with Crippen LogP contribution in [-0.4, -0.2) is 28.1 Å².